The second-order valence-electron chi connectivity index (χ2n) is 10.1. The molecule has 1 atom stereocenters. The van der Waals surface area contributed by atoms with Gasteiger partial charge >= 0.3 is 5.97 Å². The highest BCUT2D eigenvalue weighted by Crippen LogP contribution is 2.48. The van der Waals surface area contributed by atoms with Gasteiger partial charge in [0.25, 0.3) is 0 Å². The number of hydrogen-bond acceptors (Lipinski definition) is 3. The zero-order valence-corrected chi connectivity index (χ0v) is 19.8. The molecular weight excluding hydrogens is 388 g/mol. The molecule has 1 unspecified atom stereocenters. The molecular formula is C27H34O2S. The van der Waals surface area contributed by atoms with Crippen LogP contribution >= 0.6 is 11.3 Å². The number of thiophene rings is 1. The van der Waals surface area contributed by atoms with Crippen molar-refractivity contribution in [1.82, 2.24) is 0 Å². The molecule has 0 bridgehead atoms. The van der Waals surface area contributed by atoms with Gasteiger partial charge in [0.2, 0.25) is 0 Å². The fourth-order valence-electron chi connectivity index (χ4n) is 5.17. The summed E-state index contributed by atoms with van der Waals surface area (Å²) in [6, 6.07) is 9.61. The van der Waals surface area contributed by atoms with E-state index in [-0.39, 0.29) is 16.8 Å². The van der Waals surface area contributed by atoms with E-state index in [0.29, 0.717) is 12.5 Å². The number of esters is 1. The summed E-state index contributed by atoms with van der Waals surface area (Å²) in [4.78, 5) is 14.3. The summed E-state index contributed by atoms with van der Waals surface area (Å²) < 4.78 is 5.02. The van der Waals surface area contributed by atoms with Crippen LogP contribution in [0.1, 0.15) is 98.2 Å². The van der Waals surface area contributed by atoms with Gasteiger partial charge in [-0.25, -0.2) is 4.79 Å². The number of carbonyl (C=O) groups is 1. The summed E-state index contributed by atoms with van der Waals surface area (Å²) in [5.41, 5.74) is 6.49. The van der Waals surface area contributed by atoms with Crippen molar-refractivity contribution in [2.24, 2.45) is 0 Å². The van der Waals surface area contributed by atoms with Gasteiger partial charge in [-0.15, -0.1) is 11.3 Å². The number of rotatable bonds is 4. The number of hydrogen-bond donors (Lipinski definition) is 0. The van der Waals surface area contributed by atoms with Crippen LogP contribution in [0.4, 0.5) is 0 Å². The molecule has 2 aliphatic rings. The van der Waals surface area contributed by atoms with Gasteiger partial charge in [0.05, 0.1) is 6.61 Å². The number of carbonyl (C=O) groups excluding carboxylic acids is 1. The van der Waals surface area contributed by atoms with Gasteiger partial charge in [0.15, 0.2) is 0 Å². The van der Waals surface area contributed by atoms with Crippen LogP contribution in [0.2, 0.25) is 0 Å². The maximum Gasteiger partial charge on any atom is 0.330 e. The minimum absolute atomic E-state index is 0.237. The zero-order chi connectivity index (χ0) is 21.5. The van der Waals surface area contributed by atoms with Crippen molar-refractivity contribution in [3.05, 3.63) is 62.3 Å². The lowest BCUT2D eigenvalue weighted by Gasteiger charge is -2.42. The third-order valence-electron chi connectivity index (χ3n) is 7.08. The van der Waals surface area contributed by atoms with E-state index in [1.165, 1.54) is 47.3 Å². The van der Waals surface area contributed by atoms with E-state index >= 15 is 0 Å². The Hall–Kier alpha value is -1.87. The highest BCUT2D eigenvalue weighted by molar-refractivity contribution is 7.13. The van der Waals surface area contributed by atoms with Gasteiger partial charge in [-0.1, -0.05) is 45.9 Å². The van der Waals surface area contributed by atoms with Crippen LogP contribution < -0.4 is 0 Å². The van der Waals surface area contributed by atoms with E-state index in [4.69, 9.17) is 4.74 Å². The maximum absolute atomic E-state index is 11.7. The first-order valence-corrected chi connectivity index (χ1v) is 12.2. The number of aryl methyl sites for hydroxylation is 1. The Bertz CT molecular complexity index is 977. The normalized spacial score (nSPS) is 21.8. The first-order valence-electron chi connectivity index (χ1n) is 11.3. The smallest absolute Gasteiger partial charge is 0.330 e. The highest BCUT2D eigenvalue weighted by Gasteiger charge is 2.37. The molecule has 0 aliphatic heterocycles. The third-order valence-corrected chi connectivity index (χ3v) is 8.26. The Morgan fingerprint density at radius 2 is 1.87 bits per heavy atom. The fraction of sp³-hybridized carbons (Fsp3) is 0.519. The summed E-state index contributed by atoms with van der Waals surface area (Å²) in [7, 11) is 0. The molecule has 0 radical (unpaired) electrons. The Balaban J connectivity index is 1.68. The molecule has 0 fully saturated rings. The first kappa shape index (κ1) is 21.4. The second-order valence-corrected chi connectivity index (χ2v) is 11.3. The van der Waals surface area contributed by atoms with E-state index < -0.39 is 0 Å². The minimum atomic E-state index is -0.264. The molecule has 160 valence electrons. The molecule has 0 spiro atoms. The Morgan fingerprint density at radius 1 is 1.13 bits per heavy atom. The molecule has 1 aromatic heterocycles. The van der Waals surface area contributed by atoms with E-state index in [1.54, 1.807) is 11.6 Å². The lowest BCUT2D eigenvalue weighted by molar-refractivity contribution is -0.137. The van der Waals surface area contributed by atoms with Crippen LogP contribution in [0, 0.1) is 0 Å². The lowest BCUT2D eigenvalue weighted by Crippen LogP contribution is -2.34. The van der Waals surface area contributed by atoms with Crippen molar-refractivity contribution >= 4 is 23.4 Å². The number of ether oxygens (including phenoxy) is 1. The van der Waals surface area contributed by atoms with Crippen molar-refractivity contribution < 1.29 is 9.53 Å². The molecule has 3 heteroatoms. The minimum Gasteiger partial charge on any atom is -0.463 e. The predicted octanol–water partition coefficient (Wildman–Crippen LogP) is 7.14. The summed E-state index contributed by atoms with van der Waals surface area (Å²) in [6.07, 6.45) is 9.54. The van der Waals surface area contributed by atoms with E-state index in [2.05, 4.69) is 52.0 Å². The molecule has 1 heterocycles. The molecule has 4 rings (SSSR count). The van der Waals surface area contributed by atoms with Gasteiger partial charge < -0.3 is 4.74 Å². The van der Waals surface area contributed by atoms with Crippen LogP contribution in [0.5, 0.6) is 0 Å². The molecule has 0 saturated heterocycles. The van der Waals surface area contributed by atoms with Crippen LogP contribution in [0.25, 0.3) is 6.08 Å². The second kappa shape index (κ2) is 8.00. The Kier molecular flexibility index (Phi) is 5.69. The van der Waals surface area contributed by atoms with Crippen molar-refractivity contribution in [3.8, 4) is 0 Å². The first-order chi connectivity index (χ1) is 14.2. The van der Waals surface area contributed by atoms with Gasteiger partial charge in [-0.2, -0.15) is 0 Å². The summed E-state index contributed by atoms with van der Waals surface area (Å²) in [5.74, 6) is 0.195. The third kappa shape index (κ3) is 4.01. The Labute approximate surface area is 185 Å². The standard InChI is InChI=1S/C27H34O2S/c1-6-29-25(28)13-11-19-17-21-20(8-7-9-24(21)30-19)18-10-12-22-23(16-18)27(4,5)15-14-26(22,2)3/h10-13,16-17,20H,6-9,14-15H2,1-5H3/b13-11+. The van der Waals surface area contributed by atoms with Crippen molar-refractivity contribution in [2.75, 3.05) is 6.61 Å². The maximum atomic E-state index is 11.7. The predicted molar refractivity (Wildman–Crippen MR) is 126 cm³/mol. The topological polar surface area (TPSA) is 26.3 Å². The molecule has 2 aliphatic carbocycles. The van der Waals surface area contributed by atoms with Crippen molar-refractivity contribution in [3.63, 3.8) is 0 Å². The lowest BCUT2D eigenvalue weighted by atomic mass is 9.62. The van der Waals surface area contributed by atoms with Crippen molar-refractivity contribution in [1.29, 1.82) is 0 Å². The average molecular weight is 423 g/mol. The van der Waals surface area contributed by atoms with Crippen LogP contribution in [-0.2, 0) is 26.8 Å². The highest BCUT2D eigenvalue weighted by atomic mass is 32.1. The van der Waals surface area contributed by atoms with E-state index in [9.17, 15) is 4.79 Å². The van der Waals surface area contributed by atoms with Crippen LogP contribution in [0.3, 0.4) is 0 Å². The van der Waals surface area contributed by atoms with Gasteiger partial charge in [-0.05, 0) is 84.3 Å². The summed E-state index contributed by atoms with van der Waals surface area (Å²) >= 11 is 1.83. The quantitative estimate of drug-likeness (QED) is 0.386. The largest absolute Gasteiger partial charge is 0.463 e. The van der Waals surface area contributed by atoms with Crippen molar-refractivity contribution in [2.45, 2.75) is 83.5 Å². The van der Waals surface area contributed by atoms with Gasteiger partial charge in [0, 0.05) is 21.7 Å². The number of fused-ring (bicyclic) bond motifs is 2. The SMILES string of the molecule is CCOC(=O)/C=C/c1cc2c(s1)CCCC2c1ccc2c(c1)C(C)(C)CCC2(C)C. The monoisotopic (exact) mass is 422 g/mol. The van der Waals surface area contributed by atoms with E-state index in [0.717, 1.165) is 11.3 Å². The molecule has 30 heavy (non-hydrogen) atoms. The van der Waals surface area contributed by atoms with Gasteiger partial charge in [-0.3, -0.25) is 0 Å². The van der Waals surface area contributed by atoms with Crippen LogP contribution in [0.15, 0.2) is 30.3 Å². The molecule has 2 aromatic rings. The van der Waals surface area contributed by atoms with Gasteiger partial charge in [0.1, 0.15) is 0 Å². The number of benzene rings is 1. The molecule has 2 nitrogen and oxygen atoms in total. The summed E-state index contributed by atoms with van der Waals surface area (Å²) in [5, 5.41) is 0. The van der Waals surface area contributed by atoms with E-state index in [1.807, 2.05) is 24.3 Å². The zero-order valence-electron chi connectivity index (χ0n) is 19.0. The summed E-state index contributed by atoms with van der Waals surface area (Å²) in [6.45, 7) is 11.8. The molecule has 0 N–H and O–H groups in total. The molecule has 1 aromatic carbocycles. The van der Waals surface area contributed by atoms with Crippen LogP contribution in [-0.4, -0.2) is 12.6 Å². The molecule has 0 saturated carbocycles. The molecule has 0 amide bonds. The fourth-order valence-corrected chi connectivity index (χ4v) is 6.34. The average Bonchev–Trinajstić information content (AvgIpc) is 3.13. The Morgan fingerprint density at radius 3 is 2.60 bits per heavy atom.